The van der Waals surface area contributed by atoms with Crippen LogP contribution >= 0.6 is 11.6 Å². The van der Waals surface area contributed by atoms with Gasteiger partial charge in [0.25, 0.3) is 5.56 Å². The average Bonchev–Trinajstić information content (AvgIpc) is 2.43. The summed E-state index contributed by atoms with van der Waals surface area (Å²) in [4.78, 5) is 11.8. The van der Waals surface area contributed by atoms with Crippen molar-refractivity contribution >= 4 is 17.3 Å². The summed E-state index contributed by atoms with van der Waals surface area (Å²) in [6, 6.07) is 3.35. The molecule has 21 heavy (non-hydrogen) atoms. The lowest BCUT2D eigenvalue weighted by atomic mass is 10.1. The minimum Gasteiger partial charge on any atom is -0.382 e. The Morgan fingerprint density at radius 3 is 2.57 bits per heavy atom. The van der Waals surface area contributed by atoms with E-state index in [2.05, 4.69) is 10.4 Å². The van der Waals surface area contributed by atoms with Crippen molar-refractivity contribution in [2.45, 2.75) is 19.9 Å². The van der Waals surface area contributed by atoms with Gasteiger partial charge < -0.3 is 5.32 Å². The van der Waals surface area contributed by atoms with E-state index in [0.717, 1.165) is 6.07 Å². The van der Waals surface area contributed by atoms with Gasteiger partial charge in [-0.25, -0.2) is 13.5 Å². The standard InChI is InChI=1S/C14H14ClF2N3O/c1-2-20-14(21)13(15)12(8-19-20)18-4-3-9-5-10(16)7-11(17)6-9/h5-8,18H,2-4H2,1H3. The highest BCUT2D eigenvalue weighted by Gasteiger charge is 2.08. The maximum atomic E-state index is 13.0. The lowest BCUT2D eigenvalue weighted by Gasteiger charge is -2.09. The van der Waals surface area contributed by atoms with Crippen molar-refractivity contribution in [2.75, 3.05) is 11.9 Å². The summed E-state index contributed by atoms with van der Waals surface area (Å²) in [5, 5.41) is 6.94. The van der Waals surface area contributed by atoms with Crippen molar-refractivity contribution in [2.24, 2.45) is 0 Å². The van der Waals surface area contributed by atoms with Gasteiger partial charge in [-0.3, -0.25) is 4.79 Å². The molecule has 0 fully saturated rings. The van der Waals surface area contributed by atoms with Gasteiger partial charge in [-0.05, 0) is 31.0 Å². The third-order valence-corrected chi connectivity index (χ3v) is 3.30. The van der Waals surface area contributed by atoms with Gasteiger partial charge in [0.1, 0.15) is 16.7 Å². The number of hydrogen-bond donors (Lipinski definition) is 1. The number of rotatable bonds is 5. The zero-order valence-electron chi connectivity index (χ0n) is 11.4. The molecule has 2 rings (SSSR count). The summed E-state index contributed by atoms with van der Waals surface area (Å²) < 4.78 is 27.3. The van der Waals surface area contributed by atoms with E-state index in [1.54, 1.807) is 6.92 Å². The van der Waals surface area contributed by atoms with E-state index in [-0.39, 0.29) is 10.6 Å². The van der Waals surface area contributed by atoms with Crippen LogP contribution in [0.15, 0.2) is 29.2 Å². The number of benzene rings is 1. The second-order valence-electron chi connectivity index (χ2n) is 4.45. The summed E-state index contributed by atoms with van der Waals surface area (Å²) >= 11 is 5.95. The summed E-state index contributed by atoms with van der Waals surface area (Å²) in [6.45, 7) is 2.59. The lowest BCUT2D eigenvalue weighted by Crippen LogP contribution is -2.23. The van der Waals surface area contributed by atoms with Crippen LogP contribution in [0.25, 0.3) is 0 Å². The maximum Gasteiger partial charge on any atom is 0.287 e. The smallest absolute Gasteiger partial charge is 0.287 e. The topological polar surface area (TPSA) is 46.9 Å². The zero-order chi connectivity index (χ0) is 15.4. The molecule has 1 aromatic carbocycles. The van der Waals surface area contributed by atoms with Crippen molar-refractivity contribution in [1.29, 1.82) is 0 Å². The molecule has 0 saturated heterocycles. The lowest BCUT2D eigenvalue weighted by molar-refractivity contribution is 0.580. The third-order valence-electron chi connectivity index (χ3n) is 2.94. The number of aromatic nitrogens is 2. The van der Waals surface area contributed by atoms with E-state index < -0.39 is 11.6 Å². The first-order valence-electron chi connectivity index (χ1n) is 6.45. The van der Waals surface area contributed by atoms with Crippen molar-refractivity contribution in [1.82, 2.24) is 9.78 Å². The highest BCUT2D eigenvalue weighted by Crippen LogP contribution is 2.15. The molecule has 7 heteroatoms. The first-order chi connectivity index (χ1) is 10.0. The molecule has 0 aliphatic heterocycles. The number of aryl methyl sites for hydroxylation is 1. The highest BCUT2D eigenvalue weighted by atomic mass is 35.5. The van der Waals surface area contributed by atoms with Crippen molar-refractivity contribution < 1.29 is 8.78 Å². The van der Waals surface area contributed by atoms with Gasteiger partial charge in [-0.15, -0.1) is 0 Å². The molecule has 112 valence electrons. The molecule has 0 atom stereocenters. The molecule has 0 spiro atoms. The molecule has 1 heterocycles. The number of hydrogen-bond acceptors (Lipinski definition) is 3. The Morgan fingerprint density at radius 1 is 1.29 bits per heavy atom. The minimum atomic E-state index is -0.616. The van der Waals surface area contributed by atoms with Crippen molar-refractivity contribution in [3.63, 3.8) is 0 Å². The van der Waals surface area contributed by atoms with Crippen LogP contribution in [0.5, 0.6) is 0 Å². The van der Waals surface area contributed by atoms with Crippen LogP contribution in [0, 0.1) is 11.6 Å². The number of halogens is 3. The van der Waals surface area contributed by atoms with Gasteiger partial charge in [0.2, 0.25) is 0 Å². The van der Waals surface area contributed by atoms with Gasteiger partial charge in [0.05, 0.1) is 11.9 Å². The van der Waals surface area contributed by atoms with E-state index in [1.807, 2.05) is 0 Å². The molecule has 4 nitrogen and oxygen atoms in total. The molecule has 1 N–H and O–H groups in total. The van der Waals surface area contributed by atoms with Crippen molar-refractivity contribution in [3.8, 4) is 0 Å². The van der Waals surface area contributed by atoms with Crippen LogP contribution in [0.3, 0.4) is 0 Å². The van der Waals surface area contributed by atoms with Gasteiger partial charge in [0.15, 0.2) is 0 Å². The average molecular weight is 314 g/mol. The maximum absolute atomic E-state index is 13.0. The van der Waals surface area contributed by atoms with Crippen LogP contribution in [0.2, 0.25) is 5.02 Å². The normalized spacial score (nSPS) is 10.7. The molecule has 0 radical (unpaired) electrons. The van der Waals surface area contributed by atoms with Crippen LogP contribution in [0.4, 0.5) is 14.5 Å². The Balaban J connectivity index is 2.04. The molecule has 0 aliphatic rings. The third kappa shape index (κ3) is 3.78. The Kier molecular flexibility index (Phi) is 4.90. The molecule has 2 aromatic rings. The van der Waals surface area contributed by atoms with Crippen LogP contribution in [-0.4, -0.2) is 16.3 Å². The first kappa shape index (κ1) is 15.4. The van der Waals surface area contributed by atoms with Gasteiger partial charge in [0, 0.05) is 19.2 Å². The van der Waals surface area contributed by atoms with E-state index >= 15 is 0 Å². The van der Waals surface area contributed by atoms with E-state index in [4.69, 9.17) is 11.6 Å². The number of nitrogens with one attached hydrogen (secondary N) is 1. The molecule has 0 saturated carbocycles. The first-order valence-corrected chi connectivity index (χ1v) is 6.83. The summed E-state index contributed by atoms with van der Waals surface area (Å²) in [5.41, 5.74) is 0.551. The van der Waals surface area contributed by atoms with E-state index in [0.29, 0.717) is 30.8 Å². The minimum absolute atomic E-state index is 0.0530. The number of nitrogens with zero attached hydrogens (tertiary/aromatic N) is 2. The predicted molar refractivity (Wildman–Crippen MR) is 77.7 cm³/mol. The Labute approximate surface area is 125 Å². The molecule has 0 aliphatic carbocycles. The van der Waals surface area contributed by atoms with Crippen LogP contribution < -0.4 is 10.9 Å². The number of anilines is 1. The SMILES string of the molecule is CCn1ncc(NCCc2cc(F)cc(F)c2)c(Cl)c1=O. The Bertz CT molecular complexity index is 683. The predicted octanol–water partition coefficient (Wildman–Crippen LogP) is 2.85. The van der Waals surface area contributed by atoms with Crippen molar-refractivity contribution in [3.05, 3.63) is 57.0 Å². The molecule has 1 aromatic heterocycles. The quantitative estimate of drug-likeness (QED) is 0.923. The fourth-order valence-corrected chi connectivity index (χ4v) is 2.12. The monoisotopic (exact) mass is 313 g/mol. The van der Waals surface area contributed by atoms with Gasteiger partial charge >= 0.3 is 0 Å². The fraction of sp³-hybridized carbons (Fsp3) is 0.286. The van der Waals surface area contributed by atoms with E-state index in [9.17, 15) is 13.6 Å². The summed E-state index contributed by atoms with van der Waals surface area (Å²) in [6.07, 6.45) is 1.85. The van der Waals surface area contributed by atoms with Crippen LogP contribution in [0.1, 0.15) is 12.5 Å². The van der Waals surface area contributed by atoms with Crippen LogP contribution in [-0.2, 0) is 13.0 Å². The molecule has 0 amide bonds. The Hall–Kier alpha value is -1.95. The zero-order valence-corrected chi connectivity index (χ0v) is 12.1. The second kappa shape index (κ2) is 6.67. The molecular weight excluding hydrogens is 300 g/mol. The molecule has 0 bridgehead atoms. The highest BCUT2D eigenvalue weighted by molar-refractivity contribution is 6.32. The Morgan fingerprint density at radius 2 is 1.95 bits per heavy atom. The van der Waals surface area contributed by atoms with Gasteiger partial charge in [-0.2, -0.15) is 5.10 Å². The molecule has 0 unspecified atom stereocenters. The summed E-state index contributed by atoms with van der Waals surface area (Å²) in [7, 11) is 0. The summed E-state index contributed by atoms with van der Waals surface area (Å²) in [5.74, 6) is -1.23. The largest absolute Gasteiger partial charge is 0.382 e. The fourth-order valence-electron chi connectivity index (χ4n) is 1.91. The van der Waals surface area contributed by atoms with E-state index in [1.165, 1.54) is 23.0 Å². The second-order valence-corrected chi connectivity index (χ2v) is 4.83. The van der Waals surface area contributed by atoms with Gasteiger partial charge in [-0.1, -0.05) is 11.6 Å². The molecular formula is C14H14ClF2N3O.